The van der Waals surface area contributed by atoms with E-state index in [9.17, 15) is 5.11 Å². The quantitative estimate of drug-likeness (QED) is 0.342. The van der Waals surface area contributed by atoms with Crippen LogP contribution in [0.2, 0.25) is 5.02 Å². The molecule has 2 aromatic carbocycles. The van der Waals surface area contributed by atoms with E-state index < -0.39 is 0 Å². The van der Waals surface area contributed by atoms with Crippen molar-refractivity contribution in [3.63, 3.8) is 0 Å². The highest BCUT2D eigenvalue weighted by molar-refractivity contribution is 6.30. The fourth-order valence-corrected chi connectivity index (χ4v) is 3.30. The minimum absolute atomic E-state index is 0.0325. The van der Waals surface area contributed by atoms with Gasteiger partial charge in [-0.2, -0.15) is 9.97 Å². The molecular formula is C21H21ClN6O2. The van der Waals surface area contributed by atoms with Gasteiger partial charge in [0.1, 0.15) is 5.75 Å². The van der Waals surface area contributed by atoms with Crippen LogP contribution in [0.3, 0.4) is 0 Å². The van der Waals surface area contributed by atoms with Crippen LogP contribution in [0, 0.1) is 0 Å². The van der Waals surface area contributed by atoms with E-state index >= 15 is 0 Å². The molecule has 0 aliphatic carbocycles. The summed E-state index contributed by atoms with van der Waals surface area (Å²) in [5, 5.41) is 25.7. The molecule has 0 bridgehead atoms. The van der Waals surface area contributed by atoms with Gasteiger partial charge in [0, 0.05) is 23.8 Å². The lowest BCUT2D eigenvalue weighted by Gasteiger charge is -2.11. The second-order valence-electron chi connectivity index (χ2n) is 6.71. The smallest absolute Gasteiger partial charge is 0.226 e. The molecule has 9 heteroatoms. The van der Waals surface area contributed by atoms with Gasteiger partial charge in [-0.15, -0.1) is 0 Å². The van der Waals surface area contributed by atoms with Crippen molar-refractivity contribution in [1.82, 2.24) is 19.5 Å². The van der Waals surface area contributed by atoms with E-state index in [1.54, 1.807) is 30.6 Å². The van der Waals surface area contributed by atoms with Gasteiger partial charge < -0.3 is 25.4 Å². The Morgan fingerprint density at radius 2 is 1.93 bits per heavy atom. The minimum Gasteiger partial charge on any atom is -0.508 e. The average Bonchev–Trinajstić information content (AvgIpc) is 3.14. The van der Waals surface area contributed by atoms with Crippen molar-refractivity contribution in [2.45, 2.75) is 13.0 Å². The number of imidazole rings is 1. The van der Waals surface area contributed by atoms with Crippen molar-refractivity contribution >= 4 is 40.2 Å². The number of hydrogen-bond acceptors (Lipinski definition) is 7. The van der Waals surface area contributed by atoms with Gasteiger partial charge in [-0.3, -0.25) is 0 Å². The van der Waals surface area contributed by atoms with Gasteiger partial charge in [0.2, 0.25) is 5.95 Å². The lowest BCUT2D eigenvalue weighted by atomic mass is 10.1. The van der Waals surface area contributed by atoms with Crippen LogP contribution in [0.25, 0.3) is 11.2 Å². The van der Waals surface area contributed by atoms with Gasteiger partial charge in [0.05, 0.1) is 12.9 Å². The predicted molar refractivity (Wildman–Crippen MR) is 117 cm³/mol. The van der Waals surface area contributed by atoms with Crippen LogP contribution in [0.4, 0.5) is 17.5 Å². The summed E-state index contributed by atoms with van der Waals surface area (Å²) in [6.45, 7) is 0.932. The Morgan fingerprint density at radius 3 is 2.73 bits per heavy atom. The van der Waals surface area contributed by atoms with E-state index in [0.29, 0.717) is 47.5 Å². The summed E-state index contributed by atoms with van der Waals surface area (Å²) in [6, 6.07) is 14.5. The molecular weight excluding hydrogens is 404 g/mol. The lowest BCUT2D eigenvalue weighted by Crippen LogP contribution is -2.11. The third-order valence-electron chi connectivity index (χ3n) is 4.50. The molecule has 4 N–H and O–H groups in total. The fraction of sp³-hybridized carbons (Fsp3) is 0.190. The summed E-state index contributed by atoms with van der Waals surface area (Å²) < 4.78 is 1.94. The van der Waals surface area contributed by atoms with E-state index in [1.807, 2.05) is 28.8 Å². The number of aromatic hydroxyl groups is 1. The molecule has 0 atom stereocenters. The highest BCUT2D eigenvalue weighted by atomic mass is 35.5. The summed E-state index contributed by atoms with van der Waals surface area (Å²) in [4.78, 5) is 13.6. The number of benzene rings is 2. The molecule has 0 amide bonds. The number of phenolic OH excluding ortho intramolecular Hbond substituents is 1. The molecule has 0 radical (unpaired) electrons. The maximum atomic E-state index is 9.67. The maximum absolute atomic E-state index is 9.67. The number of aliphatic hydroxyl groups is 1. The molecule has 0 unspecified atom stereocenters. The standard InChI is InChI=1S/C21H21ClN6O2/c22-15-4-2-5-16(12-15)25-19-18-20(27-21(26-19)23-8-10-29)28(13-24-18)9-7-14-3-1-6-17(30)11-14/h1-6,11-13,29-30H,7-10H2,(H2,23,25,26,27). The predicted octanol–water partition coefficient (Wildman–Crippen LogP) is 3.58. The molecule has 0 aliphatic rings. The molecule has 8 nitrogen and oxygen atoms in total. The monoisotopic (exact) mass is 424 g/mol. The Hall–Kier alpha value is -3.36. The lowest BCUT2D eigenvalue weighted by molar-refractivity contribution is 0.311. The molecule has 0 fully saturated rings. The Balaban J connectivity index is 1.66. The van der Waals surface area contributed by atoms with Gasteiger partial charge >= 0.3 is 0 Å². The van der Waals surface area contributed by atoms with E-state index in [1.165, 1.54) is 0 Å². The first kappa shape index (κ1) is 19.9. The van der Waals surface area contributed by atoms with E-state index in [-0.39, 0.29) is 12.4 Å². The first-order valence-electron chi connectivity index (χ1n) is 9.50. The number of aliphatic hydroxyl groups excluding tert-OH is 1. The second kappa shape index (κ2) is 8.98. The Morgan fingerprint density at radius 1 is 1.07 bits per heavy atom. The Labute approximate surface area is 178 Å². The molecule has 0 saturated carbocycles. The minimum atomic E-state index is -0.0325. The fourth-order valence-electron chi connectivity index (χ4n) is 3.11. The molecule has 154 valence electrons. The summed E-state index contributed by atoms with van der Waals surface area (Å²) in [7, 11) is 0. The van der Waals surface area contributed by atoms with E-state index in [2.05, 4.69) is 25.6 Å². The average molecular weight is 425 g/mol. The highest BCUT2D eigenvalue weighted by Gasteiger charge is 2.14. The molecule has 0 spiro atoms. The van der Waals surface area contributed by atoms with Crippen molar-refractivity contribution in [1.29, 1.82) is 0 Å². The SMILES string of the molecule is OCCNc1nc(Nc2cccc(Cl)c2)c2ncn(CCc3cccc(O)c3)c2n1. The number of aromatic nitrogens is 4. The number of phenols is 1. The molecule has 4 aromatic rings. The summed E-state index contributed by atoms with van der Waals surface area (Å²) in [5.41, 5.74) is 3.09. The number of nitrogens with zero attached hydrogens (tertiary/aromatic N) is 4. The number of rotatable bonds is 8. The Kier molecular flexibility index (Phi) is 5.97. The van der Waals surface area contributed by atoms with Gasteiger partial charge in [0.15, 0.2) is 17.0 Å². The summed E-state index contributed by atoms with van der Waals surface area (Å²) in [6.07, 6.45) is 2.43. The number of anilines is 3. The van der Waals surface area contributed by atoms with Crippen LogP contribution in [0.15, 0.2) is 54.9 Å². The zero-order valence-electron chi connectivity index (χ0n) is 16.1. The first-order valence-corrected chi connectivity index (χ1v) is 9.88. The zero-order valence-corrected chi connectivity index (χ0v) is 16.8. The molecule has 0 aliphatic heterocycles. The van der Waals surface area contributed by atoms with Crippen LogP contribution >= 0.6 is 11.6 Å². The van der Waals surface area contributed by atoms with Crippen molar-refractivity contribution in [2.75, 3.05) is 23.8 Å². The third kappa shape index (κ3) is 4.61. The normalized spacial score (nSPS) is 11.0. The van der Waals surface area contributed by atoms with Gasteiger partial charge in [0.25, 0.3) is 0 Å². The van der Waals surface area contributed by atoms with Crippen molar-refractivity contribution in [3.8, 4) is 5.75 Å². The number of aryl methyl sites for hydroxylation is 2. The topological polar surface area (TPSA) is 108 Å². The van der Waals surface area contributed by atoms with Crippen LogP contribution in [-0.4, -0.2) is 42.9 Å². The van der Waals surface area contributed by atoms with Crippen LogP contribution < -0.4 is 10.6 Å². The number of hydrogen-bond donors (Lipinski definition) is 4. The van der Waals surface area contributed by atoms with Gasteiger partial charge in [-0.1, -0.05) is 29.8 Å². The number of fused-ring (bicyclic) bond motifs is 1. The van der Waals surface area contributed by atoms with Crippen LogP contribution in [0.1, 0.15) is 5.56 Å². The Bertz CT molecular complexity index is 1160. The first-order chi connectivity index (χ1) is 14.6. The third-order valence-corrected chi connectivity index (χ3v) is 4.73. The number of nitrogens with one attached hydrogen (secondary N) is 2. The molecule has 0 saturated heterocycles. The number of halogens is 1. The second-order valence-corrected chi connectivity index (χ2v) is 7.15. The van der Waals surface area contributed by atoms with Crippen molar-refractivity contribution < 1.29 is 10.2 Å². The molecule has 2 heterocycles. The largest absolute Gasteiger partial charge is 0.508 e. The molecule has 2 aromatic heterocycles. The summed E-state index contributed by atoms with van der Waals surface area (Å²) in [5.74, 6) is 1.17. The molecule has 4 rings (SSSR count). The van der Waals surface area contributed by atoms with Crippen LogP contribution in [-0.2, 0) is 13.0 Å². The summed E-state index contributed by atoms with van der Waals surface area (Å²) >= 11 is 6.09. The van der Waals surface area contributed by atoms with Crippen molar-refractivity contribution in [2.24, 2.45) is 0 Å². The maximum Gasteiger partial charge on any atom is 0.226 e. The highest BCUT2D eigenvalue weighted by Crippen LogP contribution is 2.26. The van der Waals surface area contributed by atoms with Gasteiger partial charge in [-0.05, 0) is 42.3 Å². The zero-order chi connectivity index (χ0) is 20.9. The molecule has 30 heavy (non-hydrogen) atoms. The van der Waals surface area contributed by atoms with Crippen molar-refractivity contribution in [3.05, 3.63) is 65.4 Å². The van der Waals surface area contributed by atoms with Gasteiger partial charge in [-0.25, -0.2) is 4.98 Å². The van der Waals surface area contributed by atoms with E-state index in [4.69, 9.17) is 16.7 Å². The van der Waals surface area contributed by atoms with E-state index in [0.717, 1.165) is 11.3 Å². The van der Waals surface area contributed by atoms with Crippen LogP contribution in [0.5, 0.6) is 5.75 Å².